The highest BCUT2D eigenvalue weighted by Gasteiger charge is 2.20. The second-order valence-corrected chi connectivity index (χ2v) is 7.77. The number of halogens is 2. The Hall–Kier alpha value is -1.77. The average molecular weight is 435 g/mol. The molecule has 0 atom stereocenters. The monoisotopic (exact) mass is 433 g/mol. The van der Waals surface area contributed by atoms with E-state index in [1.807, 2.05) is 0 Å². The molecule has 0 aromatic heterocycles. The van der Waals surface area contributed by atoms with Crippen molar-refractivity contribution in [3.05, 3.63) is 51.0 Å². The third-order valence-electron chi connectivity index (χ3n) is 3.19. The van der Waals surface area contributed by atoms with Crippen molar-refractivity contribution < 1.29 is 23.1 Å². The summed E-state index contributed by atoms with van der Waals surface area (Å²) in [7, 11) is -2.51. The van der Waals surface area contributed by atoms with Gasteiger partial charge in [-0.05, 0) is 58.7 Å². The first kappa shape index (κ1) is 18.6. The maximum absolute atomic E-state index is 12.6. The van der Waals surface area contributed by atoms with Gasteiger partial charge in [0.05, 0.1) is 22.6 Å². The standard InChI is InChI=1S/C15H13BrClNO5S/c1-8-5-13(23-2)12(17)7-14(8)24(21,22)18-9-3-4-11(16)10(6-9)15(19)20/h3-7,18H,1-2H3,(H,19,20). The fraction of sp³-hybridized carbons (Fsp3) is 0.133. The minimum atomic E-state index is -3.95. The number of hydrogen-bond acceptors (Lipinski definition) is 4. The molecule has 6 nitrogen and oxygen atoms in total. The number of benzene rings is 2. The minimum absolute atomic E-state index is 0.0203. The Labute approximate surface area is 152 Å². The van der Waals surface area contributed by atoms with Crippen molar-refractivity contribution in [1.29, 1.82) is 0 Å². The first-order chi connectivity index (χ1) is 11.2. The van der Waals surface area contributed by atoms with E-state index in [2.05, 4.69) is 20.7 Å². The van der Waals surface area contributed by atoms with Crippen molar-refractivity contribution in [1.82, 2.24) is 0 Å². The lowest BCUT2D eigenvalue weighted by atomic mass is 10.2. The molecule has 0 spiro atoms. The number of sulfonamides is 1. The van der Waals surface area contributed by atoms with Crippen LogP contribution in [0.5, 0.6) is 5.75 Å². The summed E-state index contributed by atoms with van der Waals surface area (Å²) in [5.74, 6) is -0.809. The SMILES string of the molecule is COc1cc(C)c(S(=O)(=O)Nc2ccc(Br)c(C(=O)O)c2)cc1Cl. The second-order valence-electron chi connectivity index (χ2n) is 4.86. The molecule has 2 N–H and O–H groups in total. The lowest BCUT2D eigenvalue weighted by molar-refractivity contribution is 0.0696. The van der Waals surface area contributed by atoms with Crippen LogP contribution in [0.1, 0.15) is 15.9 Å². The molecule has 0 saturated heterocycles. The molecule has 0 amide bonds. The zero-order chi connectivity index (χ0) is 18.1. The number of aryl methyl sites for hydroxylation is 1. The predicted octanol–water partition coefficient (Wildman–Crippen LogP) is 3.92. The van der Waals surface area contributed by atoms with Gasteiger partial charge in [0.1, 0.15) is 5.75 Å². The number of nitrogens with one attached hydrogen (secondary N) is 1. The lowest BCUT2D eigenvalue weighted by Gasteiger charge is -2.13. The Morgan fingerprint density at radius 1 is 1.29 bits per heavy atom. The van der Waals surface area contributed by atoms with Crippen molar-refractivity contribution in [2.75, 3.05) is 11.8 Å². The van der Waals surface area contributed by atoms with Gasteiger partial charge < -0.3 is 9.84 Å². The van der Waals surface area contributed by atoms with Crippen molar-refractivity contribution >= 4 is 49.2 Å². The molecule has 0 unspecified atom stereocenters. The largest absolute Gasteiger partial charge is 0.495 e. The number of hydrogen-bond donors (Lipinski definition) is 2. The van der Waals surface area contributed by atoms with Gasteiger partial charge in [0.2, 0.25) is 0 Å². The number of anilines is 1. The molecule has 0 aliphatic carbocycles. The van der Waals surface area contributed by atoms with Gasteiger partial charge in [0, 0.05) is 10.2 Å². The molecule has 0 fully saturated rings. The van der Waals surface area contributed by atoms with Crippen LogP contribution in [0, 0.1) is 6.92 Å². The molecule has 0 aliphatic heterocycles. The van der Waals surface area contributed by atoms with Gasteiger partial charge in [-0.1, -0.05) is 11.6 Å². The number of rotatable bonds is 5. The topological polar surface area (TPSA) is 92.7 Å². The summed E-state index contributed by atoms with van der Waals surface area (Å²) >= 11 is 9.10. The molecule has 2 aromatic carbocycles. The van der Waals surface area contributed by atoms with Crippen LogP contribution in [0.2, 0.25) is 5.02 Å². The predicted molar refractivity (Wildman–Crippen MR) is 94.7 cm³/mol. The van der Waals surface area contributed by atoms with Gasteiger partial charge in [-0.3, -0.25) is 4.72 Å². The van der Waals surface area contributed by atoms with Gasteiger partial charge >= 0.3 is 5.97 Å². The summed E-state index contributed by atoms with van der Waals surface area (Å²) in [6, 6.07) is 6.93. The van der Waals surface area contributed by atoms with E-state index in [1.165, 1.54) is 37.4 Å². The van der Waals surface area contributed by atoms with Crippen LogP contribution in [0.3, 0.4) is 0 Å². The van der Waals surface area contributed by atoms with Crippen LogP contribution < -0.4 is 9.46 Å². The third kappa shape index (κ3) is 3.82. The molecule has 0 bridgehead atoms. The summed E-state index contributed by atoms with van der Waals surface area (Å²) in [5, 5.41) is 9.26. The number of carbonyl (C=O) groups is 1. The summed E-state index contributed by atoms with van der Waals surface area (Å²) in [4.78, 5) is 11.1. The first-order valence-corrected chi connectivity index (χ1v) is 9.21. The van der Waals surface area contributed by atoms with Gasteiger partial charge in [-0.2, -0.15) is 0 Å². The number of aromatic carboxylic acids is 1. The van der Waals surface area contributed by atoms with Crippen LogP contribution in [-0.2, 0) is 10.0 Å². The Morgan fingerprint density at radius 3 is 2.54 bits per heavy atom. The van der Waals surface area contributed by atoms with Crippen LogP contribution in [0.15, 0.2) is 39.7 Å². The number of ether oxygens (including phenoxy) is 1. The molecule has 2 rings (SSSR count). The Balaban J connectivity index is 2.44. The van der Waals surface area contributed by atoms with E-state index in [9.17, 15) is 13.2 Å². The molecule has 128 valence electrons. The molecule has 0 aliphatic rings. The summed E-state index contributed by atoms with van der Waals surface area (Å²) in [6.07, 6.45) is 0. The van der Waals surface area contributed by atoms with Crippen LogP contribution >= 0.6 is 27.5 Å². The molecule has 9 heteroatoms. The number of carboxylic acid groups (broad SMARTS) is 1. The fourth-order valence-corrected chi connectivity index (χ4v) is 4.07. The highest BCUT2D eigenvalue weighted by Crippen LogP contribution is 2.31. The summed E-state index contributed by atoms with van der Waals surface area (Å²) in [6.45, 7) is 1.61. The second kappa shape index (κ2) is 7.00. The van der Waals surface area contributed by atoms with Crippen LogP contribution in [0.4, 0.5) is 5.69 Å². The number of carboxylic acids is 1. The Morgan fingerprint density at radius 2 is 1.96 bits per heavy atom. The van der Waals surface area contributed by atoms with Crippen LogP contribution in [0.25, 0.3) is 0 Å². The van der Waals surface area contributed by atoms with E-state index in [-0.39, 0.29) is 21.2 Å². The van der Waals surface area contributed by atoms with Gasteiger partial charge in [0.15, 0.2) is 0 Å². The van der Waals surface area contributed by atoms with E-state index >= 15 is 0 Å². The molecule has 0 saturated carbocycles. The van der Waals surface area contributed by atoms with Crippen LogP contribution in [-0.4, -0.2) is 26.6 Å². The van der Waals surface area contributed by atoms with E-state index < -0.39 is 16.0 Å². The highest BCUT2D eigenvalue weighted by molar-refractivity contribution is 9.10. The average Bonchev–Trinajstić information content (AvgIpc) is 2.50. The van der Waals surface area contributed by atoms with E-state index in [4.69, 9.17) is 21.4 Å². The summed E-state index contributed by atoms with van der Waals surface area (Å²) in [5.41, 5.74) is 0.515. The fourth-order valence-electron chi connectivity index (χ4n) is 2.05. The van der Waals surface area contributed by atoms with Crippen molar-refractivity contribution in [2.45, 2.75) is 11.8 Å². The Kier molecular flexibility index (Phi) is 5.42. The van der Waals surface area contributed by atoms with E-state index in [0.29, 0.717) is 15.8 Å². The Bertz CT molecular complexity index is 914. The maximum Gasteiger partial charge on any atom is 0.336 e. The minimum Gasteiger partial charge on any atom is -0.495 e. The van der Waals surface area contributed by atoms with Crippen molar-refractivity contribution in [3.63, 3.8) is 0 Å². The lowest BCUT2D eigenvalue weighted by Crippen LogP contribution is -2.15. The molecule has 2 aromatic rings. The molecular weight excluding hydrogens is 422 g/mol. The molecule has 0 radical (unpaired) electrons. The smallest absolute Gasteiger partial charge is 0.336 e. The maximum atomic E-state index is 12.6. The van der Waals surface area contributed by atoms with Gasteiger partial charge in [0.25, 0.3) is 10.0 Å². The molecule has 0 heterocycles. The van der Waals surface area contributed by atoms with Gasteiger partial charge in [-0.25, -0.2) is 13.2 Å². The summed E-state index contributed by atoms with van der Waals surface area (Å²) < 4.78 is 32.9. The van der Waals surface area contributed by atoms with Crippen molar-refractivity contribution in [2.24, 2.45) is 0 Å². The van der Waals surface area contributed by atoms with Crippen molar-refractivity contribution in [3.8, 4) is 5.75 Å². The zero-order valence-electron chi connectivity index (χ0n) is 12.6. The molecular formula is C15H13BrClNO5S. The first-order valence-electron chi connectivity index (χ1n) is 6.55. The third-order valence-corrected chi connectivity index (χ3v) is 5.70. The quantitative estimate of drug-likeness (QED) is 0.744. The number of methoxy groups -OCH3 is 1. The normalized spacial score (nSPS) is 11.2. The van der Waals surface area contributed by atoms with Gasteiger partial charge in [-0.15, -0.1) is 0 Å². The zero-order valence-corrected chi connectivity index (χ0v) is 15.8. The van der Waals surface area contributed by atoms with E-state index in [0.717, 1.165) is 0 Å². The van der Waals surface area contributed by atoms with E-state index in [1.54, 1.807) is 6.92 Å². The highest BCUT2D eigenvalue weighted by atomic mass is 79.9. The molecule has 24 heavy (non-hydrogen) atoms.